The van der Waals surface area contributed by atoms with Gasteiger partial charge in [-0.05, 0) is 25.7 Å². The maximum atomic E-state index is 11.3. The Balaban J connectivity index is 1.90. The summed E-state index contributed by atoms with van der Waals surface area (Å²) >= 11 is 0. The van der Waals surface area contributed by atoms with Gasteiger partial charge in [0.25, 0.3) is 0 Å². The van der Waals surface area contributed by atoms with Crippen molar-refractivity contribution in [1.29, 1.82) is 0 Å². The zero-order valence-electron chi connectivity index (χ0n) is 10.1. The zero-order chi connectivity index (χ0) is 11.5. The van der Waals surface area contributed by atoms with Crippen molar-refractivity contribution in [3.63, 3.8) is 0 Å². The molecular weight excluding hydrogens is 204 g/mol. The monoisotopic (exact) mass is 226 g/mol. The first-order valence-corrected chi connectivity index (χ1v) is 6.36. The fraction of sp³-hybridized carbons (Fsp3) is 0.917. The van der Waals surface area contributed by atoms with Gasteiger partial charge >= 0.3 is 0 Å². The minimum absolute atomic E-state index is 0.149. The van der Waals surface area contributed by atoms with E-state index in [9.17, 15) is 9.90 Å². The van der Waals surface area contributed by atoms with Crippen LogP contribution in [0.4, 0.5) is 0 Å². The highest BCUT2D eigenvalue weighted by molar-refractivity contribution is 5.73. The normalized spacial score (nSPS) is 32.8. The molecule has 16 heavy (non-hydrogen) atoms. The lowest BCUT2D eigenvalue weighted by Gasteiger charge is -2.29. The molecule has 0 spiro atoms. The molecule has 1 saturated heterocycles. The summed E-state index contributed by atoms with van der Waals surface area (Å²) in [4.78, 5) is 15.6. The standard InChI is InChI=1S/C12H22N2O2/c1-10(15)13-6-3-7-14(9-8-13)11-4-2-5-12(11)16/h11-12,16H,2-9H2,1H3. The third-order valence-corrected chi connectivity index (χ3v) is 3.89. The molecule has 4 nitrogen and oxygen atoms in total. The summed E-state index contributed by atoms with van der Waals surface area (Å²) in [7, 11) is 0. The second-order valence-corrected chi connectivity index (χ2v) is 4.96. The second kappa shape index (κ2) is 5.15. The molecule has 1 aliphatic heterocycles. The van der Waals surface area contributed by atoms with Crippen molar-refractivity contribution >= 4 is 5.91 Å². The smallest absolute Gasteiger partial charge is 0.219 e. The molecule has 0 radical (unpaired) electrons. The molecule has 2 rings (SSSR count). The highest BCUT2D eigenvalue weighted by atomic mass is 16.3. The van der Waals surface area contributed by atoms with E-state index in [1.165, 1.54) is 0 Å². The van der Waals surface area contributed by atoms with E-state index in [1.807, 2.05) is 4.90 Å². The van der Waals surface area contributed by atoms with Crippen molar-refractivity contribution in [1.82, 2.24) is 9.80 Å². The summed E-state index contributed by atoms with van der Waals surface area (Å²) in [6.07, 6.45) is 4.07. The fourth-order valence-electron chi connectivity index (χ4n) is 2.93. The minimum Gasteiger partial charge on any atom is -0.391 e. The molecule has 1 saturated carbocycles. The van der Waals surface area contributed by atoms with Crippen LogP contribution < -0.4 is 0 Å². The Kier molecular flexibility index (Phi) is 3.82. The summed E-state index contributed by atoms with van der Waals surface area (Å²) in [6, 6.07) is 0.340. The van der Waals surface area contributed by atoms with Gasteiger partial charge in [0.15, 0.2) is 0 Å². The largest absolute Gasteiger partial charge is 0.391 e. The lowest BCUT2D eigenvalue weighted by atomic mass is 10.1. The number of hydrogen-bond acceptors (Lipinski definition) is 3. The summed E-state index contributed by atoms with van der Waals surface area (Å²) in [5, 5.41) is 9.89. The Morgan fingerprint density at radius 2 is 1.94 bits per heavy atom. The van der Waals surface area contributed by atoms with Gasteiger partial charge in [-0.2, -0.15) is 0 Å². The number of carbonyl (C=O) groups excluding carboxylic acids is 1. The summed E-state index contributed by atoms with van der Waals surface area (Å²) in [6.45, 7) is 5.26. The van der Waals surface area contributed by atoms with Crippen LogP contribution in [0.2, 0.25) is 0 Å². The highest BCUT2D eigenvalue weighted by Gasteiger charge is 2.31. The first kappa shape index (κ1) is 11.9. The maximum Gasteiger partial charge on any atom is 0.219 e. The molecule has 2 aliphatic rings. The van der Waals surface area contributed by atoms with Crippen LogP contribution in [-0.2, 0) is 4.79 Å². The van der Waals surface area contributed by atoms with Gasteiger partial charge in [-0.1, -0.05) is 0 Å². The van der Waals surface area contributed by atoms with Crippen LogP contribution >= 0.6 is 0 Å². The molecule has 92 valence electrons. The zero-order valence-corrected chi connectivity index (χ0v) is 10.1. The van der Waals surface area contributed by atoms with E-state index in [0.29, 0.717) is 6.04 Å². The van der Waals surface area contributed by atoms with E-state index in [0.717, 1.165) is 51.9 Å². The number of hydrogen-bond donors (Lipinski definition) is 1. The van der Waals surface area contributed by atoms with Gasteiger partial charge in [-0.3, -0.25) is 9.69 Å². The lowest BCUT2D eigenvalue weighted by molar-refractivity contribution is -0.128. The van der Waals surface area contributed by atoms with E-state index in [1.54, 1.807) is 6.92 Å². The molecule has 0 bridgehead atoms. The van der Waals surface area contributed by atoms with E-state index < -0.39 is 0 Å². The molecule has 1 heterocycles. The molecule has 1 amide bonds. The molecule has 1 N–H and O–H groups in total. The van der Waals surface area contributed by atoms with Crippen molar-refractivity contribution in [2.45, 2.75) is 44.8 Å². The predicted molar refractivity (Wildman–Crippen MR) is 62.1 cm³/mol. The number of nitrogens with zero attached hydrogens (tertiary/aromatic N) is 2. The van der Waals surface area contributed by atoms with Gasteiger partial charge in [0.1, 0.15) is 0 Å². The number of carbonyl (C=O) groups is 1. The van der Waals surface area contributed by atoms with Gasteiger partial charge in [-0.25, -0.2) is 0 Å². The van der Waals surface area contributed by atoms with E-state index in [2.05, 4.69) is 4.90 Å². The van der Waals surface area contributed by atoms with Crippen LogP contribution in [0.25, 0.3) is 0 Å². The predicted octanol–water partition coefficient (Wildman–Crippen LogP) is 0.454. The second-order valence-electron chi connectivity index (χ2n) is 4.96. The Morgan fingerprint density at radius 1 is 1.12 bits per heavy atom. The van der Waals surface area contributed by atoms with Crippen LogP contribution in [0.15, 0.2) is 0 Å². The molecule has 4 heteroatoms. The SMILES string of the molecule is CC(=O)N1CCCN(C2CCCC2O)CC1. The van der Waals surface area contributed by atoms with Crippen molar-refractivity contribution in [3.05, 3.63) is 0 Å². The number of rotatable bonds is 1. The third kappa shape index (κ3) is 2.55. The van der Waals surface area contributed by atoms with Gasteiger partial charge in [0.2, 0.25) is 5.91 Å². The topological polar surface area (TPSA) is 43.8 Å². The minimum atomic E-state index is -0.149. The van der Waals surface area contributed by atoms with Crippen LogP contribution in [0, 0.1) is 0 Å². The molecule has 0 aromatic heterocycles. The average molecular weight is 226 g/mol. The van der Waals surface area contributed by atoms with Crippen molar-refractivity contribution in [2.75, 3.05) is 26.2 Å². The number of aliphatic hydroxyl groups excluding tert-OH is 1. The molecule has 2 fully saturated rings. The molecule has 0 aromatic carbocycles. The van der Waals surface area contributed by atoms with E-state index >= 15 is 0 Å². The lowest BCUT2D eigenvalue weighted by Crippen LogP contribution is -2.42. The molecular formula is C12H22N2O2. The fourth-order valence-corrected chi connectivity index (χ4v) is 2.93. The Bertz CT molecular complexity index is 257. The summed E-state index contributed by atoms with van der Waals surface area (Å²) < 4.78 is 0. The molecule has 2 atom stereocenters. The van der Waals surface area contributed by atoms with Gasteiger partial charge in [0.05, 0.1) is 6.10 Å². The van der Waals surface area contributed by atoms with Crippen molar-refractivity contribution < 1.29 is 9.90 Å². The third-order valence-electron chi connectivity index (χ3n) is 3.89. The van der Waals surface area contributed by atoms with E-state index in [-0.39, 0.29) is 12.0 Å². The first-order chi connectivity index (χ1) is 7.68. The first-order valence-electron chi connectivity index (χ1n) is 6.36. The molecule has 0 aromatic rings. The quantitative estimate of drug-likeness (QED) is 0.706. The Labute approximate surface area is 97.2 Å². The van der Waals surface area contributed by atoms with Crippen LogP contribution in [-0.4, -0.2) is 59.1 Å². The van der Waals surface area contributed by atoms with Gasteiger partial charge in [-0.15, -0.1) is 0 Å². The van der Waals surface area contributed by atoms with Crippen LogP contribution in [0.3, 0.4) is 0 Å². The van der Waals surface area contributed by atoms with Crippen molar-refractivity contribution in [2.24, 2.45) is 0 Å². The number of aliphatic hydroxyl groups is 1. The highest BCUT2D eigenvalue weighted by Crippen LogP contribution is 2.25. The van der Waals surface area contributed by atoms with Gasteiger partial charge < -0.3 is 10.0 Å². The van der Waals surface area contributed by atoms with Gasteiger partial charge in [0, 0.05) is 39.1 Å². The van der Waals surface area contributed by atoms with Crippen molar-refractivity contribution in [3.8, 4) is 0 Å². The van der Waals surface area contributed by atoms with Crippen LogP contribution in [0.1, 0.15) is 32.6 Å². The molecule has 1 aliphatic carbocycles. The Morgan fingerprint density at radius 3 is 2.56 bits per heavy atom. The Hall–Kier alpha value is -0.610. The number of amides is 1. The molecule has 2 unspecified atom stereocenters. The van der Waals surface area contributed by atoms with E-state index in [4.69, 9.17) is 0 Å². The maximum absolute atomic E-state index is 11.3. The summed E-state index contributed by atoms with van der Waals surface area (Å²) in [5.74, 6) is 0.175. The van der Waals surface area contributed by atoms with Crippen LogP contribution in [0.5, 0.6) is 0 Å². The average Bonchev–Trinajstić information content (AvgIpc) is 2.54. The summed E-state index contributed by atoms with van der Waals surface area (Å²) in [5.41, 5.74) is 0.